The lowest BCUT2D eigenvalue weighted by atomic mass is 10.1. The molecule has 2 aromatic carbocycles. The molecule has 0 atom stereocenters. The zero-order chi connectivity index (χ0) is 23.3. The SMILES string of the molecule is Cn1nc(CC(=O)OCC(=O)NCCc2ccc(S(N)(=O)=O)cc2)c2ccccc2c1=O. The van der Waals surface area contributed by atoms with Crippen LogP contribution in [0.5, 0.6) is 0 Å². The molecule has 3 N–H and O–H groups in total. The third-order valence-electron chi connectivity index (χ3n) is 4.70. The van der Waals surface area contributed by atoms with Gasteiger partial charge >= 0.3 is 5.97 Å². The number of aryl methyl sites for hydroxylation is 1. The van der Waals surface area contributed by atoms with Crippen LogP contribution >= 0.6 is 0 Å². The molecule has 0 aliphatic heterocycles. The smallest absolute Gasteiger partial charge is 0.312 e. The molecule has 0 saturated carbocycles. The number of carbonyl (C=O) groups excluding carboxylic acids is 2. The molecular weight excluding hydrogens is 436 g/mol. The summed E-state index contributed by atoms with van der Waals surface area (Å²) in [4.78, 5) is 36.3. The number of nitrogens with zero attached hydrogens (tertiary/aromatic N) is 2. The average Bonchev–Trinajstić information content (AvgIpc) is 2.75. The summed E-state index contributed by atoms with van der Waals surface area (Å²) in [6.45, 7) is -0.176. The van der Waals surface area contributed by atoms with Gasteiger partial charge in [-0.2, -0.15) is 5.10 Å². The molecule has 0 bridgehead atoms. The van der Waals surface area contributed by atoms with E-state index < -0.39 is 28.5 Å². The van der Waals surface area contributed by atoms with Crippen molar-refractivity contribution in [3.05, 3.63) is 70.1 Å². The van der Waals surface area contributed by atoms with Crippen molar-refractivity contribution in [2.75, 3.05) is 13.2 Å². The topological polar surface area (TPSA) is 150 Å². The number of nitrogens with two attached hydrogens (primary N) is 1. The maximum Gasteiger partial charge on any atom is 0.312 e. The summed E-state index contributed by atoms with van der Waals surface area (Å²) in [7, 11) is -2.25. The zero-order valence-electron chi connectivity index (χ0n) is 17.3. The molecule has 0 aliphatic rings. The van der Waals surface area contributed by atoms with Gasteiger partial charge in [-0.05, 0) is 30.2 Å². The average molecular weight is 458 g/mol. The van der Waals surface area contributed by atoms with Gasteiger partial charge in [-0.1, -0.05) is 30.3 Å². The third kappa shape index (κ3) is 5.77. The summed E-state index contributed by atoms with van der Waals surface area (Å²) in [6, 6.07) is 12.8. The van der Waals surface area contributed by atoms with Gasteiger partial charge in [-0.25, -0.2) is 18.2 Å². The standard InChI is InChI=1S/C21H22N4O6S/c1-25-21(28)17-5-3-2-4-16(17)18(24-25)12-20(27)31-13-19(26)23-11-10-14-6-8-15(9-7-14)32(22,29)30/h2-9H,10-13H2,1H3,(H,23,26)(H2,22,29,30). The van der Waals surface area contributed by atoms with E-state index in [2.05, 4.69) is 10.4 Å². The van der Waals surface area contributed by atoms with Crippen molar-refractivity contribution in [2.45, 2.75) is 17.7 Å². The number of carbonyl (C=O) groups is 2. The maximum atomic E-state index is 12.2. The highest BCUT2D eigenvalue weighted by Crippen LogP contribution is 2.14. The van der Waals surface area contributed by atoms with Crippen molar-refractivity contribution < 1.29 is 22.7 Å². The van der Waals surface area contributed by atoms with Crippen LogP contribution in [-0.4, -0.2) is 43.2 Å². The lowest BCUT2D eigenvalue weighted by molar-refractivity contribution is -0.147. The number of benzene rings is 2. The molecule has 0 aliphatic carbocycles. The molecule has 0 saturated heterocycles. The molecule has 11 heteroatoms. The van der Waals surface area contributed by atoms with E-state index in [1.807, 2.05) is 0 Å². The molecule has 1 amide bonds. The van der Waals surface area contributed by atoms with Gasteiger partial charge in [0.1, 0.15) is 0 Å². The molecular formula is C21H22N4O6S. The lowest BCUT2D eigenvalue weighted by Crippen LogP contribution is -2.31. The monoisotopic (exact) mass is 458 g/mol. The first kappa shape index (κ1) is 23.1. The molecule has 0 unspecified atom stereocenters. The van der Waals surface area contributed by atoms with Crippen LogP contribution in [0.3, 0.4) is 0 Å². The minimum absolute atomic E-state index is 0.0120. The summed E-state index contributed by atoms with van der Waals surface area (Å²) in [5.74, 6) is -1.12. The van der Waals surface area contributed by atoms with Gasteiger partial charge in [0, 0.05) is 19.0 Å². The molecule has 0 fully saturated rings. The van der Waals surface area contributed by atoms with Crippen LogP contribution in [0.25, 0.3) is 10.8 Å². The van der Waals surface area contributed by atoms with Crippen molar-refractivity contribution in [1.82, 2.24) is 15.1 Å². The number of rotatable bonds is 8. The second-order valence-electron chi connectivity index (χ2n) is 7.05. The highest BCUT2D eigenvalue weighted by atomic mass is 32.2. The van der Waals surface area contributed by atoms with Gasteiger partial charge in [0.05, 0.1) is 22.4 Å². The Balaban J connectivity index is 1.48. The van der Waals surface area contributed by atoms with E-state index in [-0.39, 0.29) is 23.4 Å². The normalized spacial score (nSPS) is 11.3. The van der Waals surface area contributed by atoms with Crippen LogP contribution in [0, 0.1) is 0 Å². The van der Waals surface area contributed by atoms with E-state index in [1.54, 1.807) is 36.4 Å². The molecule has 0 radical (unpaired) electrons. The Labute approximate surface area is 184 Å². The van der Waals surface area contributed by atoms with Gasteiger partial charge in [-0.15, -0.1) is 0 Å². The Morgan fingerprint density at radius 3 is 2.41 bits per heavy atom. The van der Waals surface area contributed by atoms with Crippen molar-refractivity contribution in [1.29, 1.82) is 0 Å². The number of nitrogens with one attached hydrogen (secondary N) is 1. The molecule has 1 aromatic heterocycles. The van der Waals surface area contributed by atoms with E-state index in [0.29, 0.717) is 22.9 Å². The van der Waals surface area contributed by atoms with Crippen LogP contribution in [0.2, 0.25) is 0 Å². The van der Waals surface area contributed by atoms with Crippen LogP contribution in [0.15, 0.2) is 58.2 Å². The summed E-state index contributed by atoms with van der Waals surface area (Å²) >= 11 is 0. The first-order valence-corrected chi connectivity index (χ1v) is 11.2. The van der Waals surface area contributed by atoms with Crippen LogP contribution < -0.4 is 16.0 Å². The summed E-state index contributed by atoms with van der Waals surface area (Å²) < 4.78 is 28.7. The molecule has 10 nitrogen and oxygen atoms in total. The predicted octanol–water partition coefficient (Wildman–Crippen LogP) is 0.0255. The summed E-state index contributed by atoms with van der Waals surface area (Å²) in [5.41, 5.74) is 0.926. The zero-order valence-corrected chi connectivity index (χ0v) is 18.1. The van der Waals surface area contributed by atoms with E-state index >= 15 is 0 Å². The third-order valence-corrected chi connectivity index (χ3v) is 5.63. The van der Waals surface area contributed by atoms with Crippen LogP contribution in [0.4, 0.5) is 0 Å². The second kappa shape index (κ2) is 9.71. The Morgan fingerprint density at radius 1 is 1.09 bits per heavy atom. The molecule has 3 aromatic rings. The number of fused-ring (bicyclic) bond motifs is 1. The fraction of sp³-hybridized carbons (Fsp3) is 0.238. The number of hydrogen-bond donors (Lipinski definition) is 2. The fourth-order valence-electron chi connectivity index (χ4n) is 3.08. The van der Waals surface area contributed by atoms with Crippen molar-refractivity contribution in [3.63, 3.8) is 0 Å². The lowest BCUT2D eigenvalue weighted by Gasteiger charge is -2.09. The Kier molecular flexibility index (Phi) is 7.01. The maximum absolute atomic E-state index is 12.2. The van der Waals surface area contributed by atoms with E-state index in [0.717, 1.165) is 10.2 Å². The minimum Gasteiger partial charge on any atom is -0.455 e. The Hall–Kier alpha value is -3.57. The van der Waals surface area contributed by atoms with Crippen LogP contribution in [0.1, 0.15) is 11.3 Å². The van der Waals surface area contributed by atoms with Gasteiger partial charge in [-0.3, -0.25) is 14.4 Å². The summed E-state index contributed by atoms with van der Waals surface area (Å²) in [5, 5.41) is 12.8. The number of primary sulfonamides is 1. The van der Waals surface area contributed by atoms with Crippen molar-refractivity contribution in [2.24, 2.45) is 12.2 Å². The van der Waals surface area contributed by atoms with E-state index in [4.69, 9.17) is 9.88 Å². The number of hydrogen-bond acceptors (Lipinski definition) is 7. The number of esters is 1. The number of aromatic nitrogens is 2. The van der Waals surface area contributed by atoms with E-state index in [9.17, 15) is 22.8 Å². The highest BCUT2D eigenvalue weighted by molar-refractivity contribution is 7.89. The van der Waals surface area contributed by atoms with Crippen molar-refractivity contribution >= 4 is 32.7 Å². The Morgan fingerprint density at radius 2 is 1.75 bits per heavy atom. The fourth-order valence-corrected chi connectivity index (χ4v) is 3.60. The van der Waals surface area contributed by atoms with Crippen LogP contribution in [-0.2, 0) is 44.2 Å². The minimum atomic E-state index is -3.75. The molecule has 32 heavy (non-hydrogen) atoms. The predicted molar refractivity (Wildman–Crippen MR) is 116 cm³/mol. The van der Waals surface area contributed by atoms with Crippen molar-refractivity contribution in [3.8, 4) is 0 Å². The molecule has 1 heterocycles. The van der Waals surface area contributed by atoms with Gasteiger partial charge in [0.15, 0.2) is 6.61 Å². The number of ether oxygens (including phenoxy) is 1. The first-order chi connectivity index (χ1) is 15.1. The molecule has 3 rings (SSSR count). The highest BCUT2D eigenvalue weighted by Gasteiger charge is 2.14. The van der Waals surface area contributed by atoms with Gasteiger partial charge in [0.2, 0.25) is 10.0 Å². The molecule has 0 spiro atoms. The van der Waals surface area contributed by atoms with Gasteiger partial charge < -0.3 is 10.1 Å². The summed E-state index contributed by atoms with van der Waals surface area (Å²) in [6.07, 6.45) is 0.275. The molecule has 168 valence electrons. The van der Waals surface area contributed by atoms with Gasteiger partial charge in [0.25, 0.3) is 11.5 Å². The Bertz CT molecular complexity index is 1320. The van der Waals surface area contributed by atoms with E-state index in [1.165, 1.54) is 19.2 Å². The first-order valence-electron chi connectivity index (χ1n) is 9.64. The largest absolute Gasteiger partial charge is 0.455 e. The quantitative estimate of drug-likeness (QED) is 0.452. The number of sulfonamides is 1. The number of amides is 1. The second-order valence-corrected chi connectivity index (χ2v) is 8.61.